The van der Waals surface area contributed by atoms with Crippen molar-refractivity contribution in [2.75, 3.05) is 0 Å². The van der Waals surface area contributed by atoms with Gasteiger partial charge in [-0.2, -0.15) is 0 Å². The number of rotatable bonds is 3. The van der Waals surface area contributed by atoms with Gasteiger partial charge in [0.05, 0.1) is 6.10 Å². The molecule has 3 heteroatoms. The van der Waals surface area contributed by atoms with Crippen molar-refractivity contribution in [3.05, 3.63) is 11.6 Å². The predicted molar refractivity (Wildman–Crippen MR) is 129 cm³/mol. The Morgan fingerprint density at radius 3 is 2.40 bits per heavy atom. The maximum atomic E-state index is 10.8. The highest BCUT2D eigenvalue weighted by atomic mass is 28.4. The Bertz CT molecular complexity index is 691. The quantitative estimate of drug-likeness (QED) is 0.373. The largest absolute Gasteiger partial charge is 0.414 e. The Morgan fingerprint density at radius 1 is 1.07 bits per heavy atom. The molecule has 4 aliphatic carbocycles. The van der Waals surface area contributed by atoms with E-state index < -0.39 is 8.32 Å². The van der Waals surface area contributed by atoms with E-state index in [2.05, 4.69) is 60.7 Å². The molecule has 0 aromatic rings. The molecule has 0 aliphatic heterocycles. The van der Waals surface area contributed by atoms with Crippen molar-refractivity contribution < 1.29 is 9.53 Å². The zero-order valence-corrected chi connectivity index (χ0v) is 22.1. The first-order valence-electron chi connectivity index (χ1n) is 12.9. The number of allylic oxidation sites excluding steroid dienone is 1. The Kier molecular flexibility index (Phi) is 5.73. The molecule has 4 rings (SSSR count). The van der Waals surface area contributed by atoms with Gasteiger partial charge in [0.2, 0.25) is 0 Å². The molecule has 3 fully saturated rings. The van der Waals surface area contributed by atoms with Crippen LogP contribution in [-0.4, -0.2) is 25.6 Å². The standard InChI is InChI=1S/C27H48O2Si/c1-9-18-16-19-17-20(29-30(7,8)25(2,3)4)12-14-26(19,5)22-13-15-27(6)21(24(18)22)10-11-23(27)28/h16,18,20-24,28H,9-15,17H2,1-8H3/t18?,20?,21-,22+,23?,24-,26-,27-/m0/s1. The molecular formula is C27H48O2Si. The van der Waals surface area contributed by atoms with Gasteiger partial charge in [-0.25, -0.2) is 0 Å². The summed E-state index contributed by atoms with van der Waals surface area (Å²) in [7, 11) is -1.72. The molecule has 2 nitrogen and oxygen atoms in total. The Labute approximate surface area is 187 Å². The van der Waals surface area contributed by atoms with Crippen molar-refractivity contribution in [2.45, 2.75) is 123 Å². The summed E-state index contributed by atoms with van der Waals surface area (Å²) < 4.78 is 6.91. The fourth-order valence-electron chi connectivity index (χ4n) is 7.84. The summed E-state index contributed by atoms with van der Waals surface area (Å²) >= 11 is 0. The summed E-state index contributed by atoms with van der Waals surface area (Å²) in [4.78, 5) is 0. The third-order valence-electron chi connectivity index (χ3n) is 10.9. The van der Waals surface area contributed by atoms with E-state index >= 15 is 0 Å². The van der Waals surface area contributed by atoms with Crippen molar-refractivity contribution >= 4 is 8.32 Å². The van der Waals surface area contributed by atoms with Crippen molar-refractivity contribution in [3.8, 4) is 0 Å². The van der Waals surface area contributed by atoms with Crippen LogP contribution in [0.15, 0.2) is 11.6 Å². The molecule has 0 heterocycles. The Balaban J connectivity index is 1.61. The number of aliphatic hydroxyl groups is 1. The Hall–Kier alpha value is -0.123. The summed E-state index contributed by atoms with van der Waals surface area (Å²) in [5.74, 6) is 2.99. The van der Waals surface area contributed by atoms with Crippen molar-refractivity contribution in [3.63, 3.8) is 0 Å². The van der Waals surface area contributed by atoms with Crippen molar-refractivity contribution in [1.82, 2.24) is 0 Å². The van der Waals surface area contributed by atoms with E-state index in [1.807, 2.05) is 0 Å². The molecule has 0 bridgehead atoms. The summed E-state index contributed by atoms with van der Waals surface area (Å²) in [6, 6.07) is 0. The average Bonchev–Trinajstić information content (AvgIpc) is 2.95. The maximum absolute atomic E-state index is 10.8. The number of fused-ring (bicyclic) bond motifs is 5. The molecule has 8 atom stereocenters. The van der Waals surface area contributed by atoms with E-state index in [4.69, 9.17) is 4.43 Å². The first-order chi connectivity index (χ1) is 13.8. The highest BCUT2D eigenvalue weighted by Crippen LogP contribution is 2.66. The van der Waals surface area contributed by atoms with E-state index in [0.717, 1.165) is 24.7 Å². The highest BCUT2D eigenvalue weighted by Gasteiger charge is 2.60. The van der Waals surface area contributed by atoms with Gasteiger partial charge in [-0.3, -0.25) is 0 Å². The molecule has 30 heavy (non-hydrogen) atoms. The lowest BCUT2D eigenvalue weighted by Crippen LogP contribution is -2.54. The van der Waals surface area contributed by atoms with Crippen LogP contribution in [0.1, 0.15) is 92.9 Å². The monoisotopic (exact) mass is 432 g/mol. The molecule has 0 aromatic heterocycles. The van der Waals surface area contributed by atoms with Crippen LogP contribution in [0.2, 0.25) is 18.1 Å². The second-order valence-electron chi connectivity index (χ2n) is 13.4. The van der Waals surface area contributed by atoms with E-state index in [0.29, 0.717) is 23.4 Å². The van der Waals surface area contributed by atoms with Crippen LogP contribution in [0.5, 0.6) is 0 Å². The Morgan fingerprint density at radius 2 is 1.77 bits per heavy atom. The molecule has 0 amide bonds. The number of aliphatic hydroxyl groups excluding tert-OH is 1. The van der Waals surface area contributed by atoms with Crippen molar-refractivity contribution in [2.24, 2.45) is 34.5 Å². The van der Waals surface area contributed by atoms with E-state index in [1.54, 1.807) is 5.57 Å². The summed E-state index contributed by atoms with van der Waals surface area (Å²) in [6.07, 6.45) is 12.8. The van der Waals surface area contributed by atoms with Crippen molar-refractivity contribution in [1.29, 1.82) is 0 Å². The lowest BCUT2D eigenvalue weighted by molar-refractivity contribution is -0.0870. The van der Waals surface area contributed by atoms with Crippen LogP contribution < -0.4 is 0 Å². The summed E-state index contributed by atoms with van der Waals surface area (Å²) in [5, 5.41) is 11.1. The van der Waals surface area contributed by atoms with E-state index in [9.17, 15) is 5.11 Å². The molecule has 1 N–H and O–H groups in total. The molecule has 0 spiro atoms. The van der Waals surface area contributed by atoms with E-state index in [-0.39, 0.29) is 16.6 Å². The minimum atomic E-state index is -1.72. The number of hydrogen-bond acceptors (Lipinski definition) is 2. The number of hydrogen-bond donors (Lipinski definition) is 1. The molecule has 0 radical (unpaired) electrons. The predicted octanol–water partition coefficient (Wildman–Crippen LogP) is 7.34. The van der Waals surface area contributed by atoms with Gasteiger partial charge in [0.15, 0.2) is 8.32 Å². The van der Waals surface area contributed by atoms with E-state index in [1.165, 1.54) is 38.5 Å². The van der Waals surface area contributed by atoms with Crippen LogP contribution in [0.25, 0.3) is 0 Å². The lowest BCUT2D eigenvalue weighted by Gasteiger charge is -2.60. The zero-order valence-electron chi connectivity index (χ0n) is 21.1. The van der Waals surface area contributed by atoms with Gasteiger partial charge in [0.25, 0.3) is 0 Å². The summed E-state index contributed by atoms with van der Waals surface area (Å²) in [5.41, 5.74) is 2.25. The minimum absolute atomic E-state index is 0.0761. The first kappa shape index (κ1) is 23.0. The topological polar surface area (TPSA) is 29.5 Å². The molecular weight excluding hydrogens is 384 g/mol. The molecule has 172 valence electrons. The molecule has 4 aliphatic rings. The normalized spacial score (nSPS) is 46.6. The summed E-state index contributed by atoms with van der Waals surface area (Å²) in [6.45, 7) is 19.3. The maximum Gasteiger partial charge on any atom is 0.192 e. The van der Waals surface area contributed by atoms with Crippen LogP contribution in [0.3, 0.4) is 0 Å². The molecule has 3 unspecified atom stereocenters. The fourth-order valence-corrected chi connectivity index (χ4v) is 9.23. The van der Waals surface area contributed by atoms with Gasteiger partial charge >= 0.3 is 0 Å². The van der Waals surface area contributed by atoms with Crippen LogP contribution >= 0.6 is 0 Å². The molecule has 0 saturated heterocycles. The fraction of sp³-hybridized carbons (Fsp3) is 0.926. The van der Waals surface area contributed by atoms with Gasteiger partial charge in [-0.15, -0.1) is 0 Å². The smallest absolute Gasteiger partial charge is 0.192 e. The molecule has 0 aromatic carbocycles. The second-order valence-corrected chi connectivity index (χ2v) is 18.1. The van der Waals surface area contributed by atoms with Gasteiger partial charge in [0, 0.05) is 6.10 Å². The van der Waals surface area contributed by atoms with Gasteiger partial charge < -0.3 is 9.53 Å². The third kappa shape index (κ3) is 3.41. The first-order valence-corrected chi connectivity index (χ1v) is 15.8. The third-order valence-corrected chi connectivity index (χ3v) is 15.5. The SMILES string of the molecule is CCC1C=C2CC(O[Si](C)(C)C(C)(C)C)CC[C@]2(C)[C@@H]2CC[C@]3(C)C(O)CC[C@H]3[C@H]12. The second kappa shape index (κ2) is 7.45. The average molecular weight is 433 g/mol. The lowest BCUT2D eigenvalue weighted by atomic mass is 9.45. The van der Waals surface area contributed by atoms with Crippen LogP contribution in [-0.2, 0) is 4.43 Å². The highest BCUT2D eigenvalue weighted by molar-refractivity contribution is 6.74. The molecule has 3 saturated carbocycles. The van der Waals surface area contributed by atoms with Crippen LogP contribution in [0, 0.1) is 34.5 Å². The zero-order chi connectivity index (χ0) is 22.1. The van der Waals surface area contributed by atoms with Crippen LogP contribution in [0.4, 0.5) is 0 Å². The van der Waals surface area contributed by atoms with Gasteiger partial charge in [0.1, 0.15) is 0 Å². The van der Waals surface area contributed by atoms with Gasteiger partial charge in [-0.05, 0) is 104 Å². The van der Waals surface area contributed by atoms with Gasteiger partial charge in [-0.1, -0.05) is 53.2 Å². The minimum Gasteiger partial charge on any atom is -0.414 e.